The highest BCUT2D eigenvalue weighted by Gasteiger charge is 2.28. The standard InChI is InChI=1S/C16H21N3S/c1-11-8-12-13(9-18-11)14(17)4-5-15(12)19-6-7-20-16(2,3)10-19/h4-5,8-9H,6-7,10,17H2,1-3H3. The Labute approximate surface area is 124 Å². The summed E-state index contributed by atoms with van der Waals surface area (Å²) in [7, 11) is 0. The largest absolute Gasteiger partial charge is 0.398 e. The van der Waals surface area contributed by atoms with Crippen molar-refractivity contribution in [2.24, 2.45) is 0 Å². The van der Waals surface area contributed by atoms with Gasteiger partial charge >= 0.3 is 0 Å². The molecule has 0 unspecified atom stereocenters. The molecule has 3 nitrogen and oxygen atoms in total. The number of nitrogens with two attached hydrogens (primary N) is 1. The quantitative estimate of drug-likeness (QED) is 0.816. The highest BCUT2D eigenvalue weighted by Crippen LogP contribution is 2.36. The van der Waals surface area contributed by atoms with Gasteiger partial charge in [-0.25, -0.2) is 0 Å². The first kappa shape index (κ1) is 13.6. The number of hydrogen-bond acceptors (Lipinski definition) is 4. The van der Waals surface area contributed by atoms with Crippen molar-refractivity contribution in [3.63, 3.8) is 0 Å². The van der Waals surface area contributed by atoms with E-state index >= 15 is 0 Å². The molecule has 20 heavy (non-hydrogen) atoms. The third-order valence-corrected chi connectivity index (χ3v) is 5.11. The van der Waals surface area contributed by atoms with Crippen LogP contribution in [0.15, 0.2) is 24.4 Å². The fourth-order valence-electron chi connectivity index (χ4n) is 2.85. The second-order valence-electron chi connectivity index (χ2n) is 6.07. The number of nitrogens with zero attached hydrogens (tertiary/aromatic N) is 2. The molecule has 1 aliphatic heterocycles. The summed E-state index contributed by atoms with van der Waals surface area (Å²) >= 11 is 2.05. The molecule has 2 N–H and O–H groups in total. The molecule has 0 atom stereocenters. The van der Waals surface area contributed by atoms with E-state index in [2.05, 4.69) is 47.6 Å². The molecule has 106 valence electrons. The van der Waals surface area contributed by atoms with Crippen molar-refractivity contribution in [3.8, 4) is 0 Å². The van der Waals surface area contributed by atoms with Gasteiger partial charge in [0.1, 0.15) is 0 Å². The molecular weight excluding hydrogens is 266 g/mol. The number of nitrogen functional groups attached to an aromatic ring is 1. The summed E-state index contributed by atoms with van der Waals surface area (Å²) in [5.74, 6) is 1.17. The summed E-state index contributed by atoms with van der Waals surface area (Å²) in [6.45, 7) is 8.82. The number of fused-ring (bicyclic) bond motifs is 1. The van der Waals surface area contributed by atoms with Gasteiger partial charge in [-0.2, -0.15) is 11.8 Å². The fraction of sp³-hybridized carbons (Fsp3) is 0.438. The molecule has 1 aliphatic rings. The second kappa shape index (κ2) is 4.85. The molecule has 0 saturated carbocycles. The van der Waals surface area contributed by atoms with Crippen LogP contribution in [0.5, 0.6) is 0 Å². The highest BCUT2D eigenvalue weighted by atomic mass is 32.2. The third-order valence-electron chi connectivity index (χ3n) is 3.81. The van der Waals surface area contributed by atoms with Gasteiger partial charge in [0.05, 0.1) is 0 Å². The van der Waals surface area contributed by atoms with Gasteiger partial charge in [-0.1, -0.05) is 0 Å². The number of anilines is 2. The van der Waals surface area contributed by atoms with Crippen molar-refractivity contribution in [1.29, 1.82) is 0 Å². The average Bonchev–Trinajstić information content (AvgIpc) is 2.37. The van der Waals surface area contributed by atoms with Crippen LogP contribution in [0, 0.1) is 6.92 Å². The summed E-state index contributed by atoms with van der Waals surface area (Å²) in [6, 6.07) is 6.31. The Hall–Kier alpha value is -1.42. The predicted octanol–water partition coefficient (Wildman–Crippen LogP) is 3.46. The molecule has 1 fully saturated rings. The van der Waals surface area contributed by atoms with E-state index in [0.717, 1.165) is 29.9 Å². The Morgan fingerprint density at radius 1 is 1.30 bits per heavy atom. The molecule has 0 spiro atoms. The minimum Gasteiger partial charge on any atom is -0.398 e. The first-order valence-electron chi connectivity index (χ1n) is 7.00. The van der Waals surface area contributed by atoms with Gasteiger partial charge in [-0.15, -0.1) is 0 Å². The molecule has 1 saturated heterocycles. The van der Waals surface area contributed by atoms with Crippen LogP contribution < -0.4 is 10.6 Å². The monoisotopic (exact) mass is 287 g/mol. The molecule has 2 aromatic rings. The molecule has 1 aromatic heterocycles. The van der Waals surface area contributed by atoms with Crippen LogP contribution in [0.25, 0.3) is 10.8 Å². The first-order chi connectivity index (χ1) is 9.46. The minimum absolute atomic E-state index is 0.300. The number of hydrogen-bond donors (Lipinski definition) is 1. The number of benzene rings is 1. The molecule has 3 rings (SSSR count). The molecule has 0 amide bonds. The molecule has 0 aliphatic carbocycles. The average molecular weight is 287 g/mol. The lowest BCUT2D eigenvalue weighted by Crippen LogP contribution is -2.43. The maximum Gasteiger partial charge on any atom is 0.0449 e. The van der Waals surface area contributed by atoms with Crippen molar-refractivity contribution in [2.75, 3.05) is 29.5 Å². The molecule has 2 heterocycles. The Kier molecular flexibility index (Phi) is 3.28. The van der Waals surface area contributed by atoms with E-state index in [4.69, 9.17) is 5.73 Å². The second-order valence-corrected chi connectivity index (χ2v) is 7.88. The number of pyridine rings is 1. The van der Waals surface area contributed by atoms with Crippen molar-refractivity contribution < 1.29 is 0 Å². The number of aryl methyl sites for hydroxylation is 1. The zero-order chi connectivity index (χ0) is 14.3. The summed E-state index contributed by atoms with van der Waals surface area (Å²) in [6.07, 6.45) is 1.90. The van der Waals surface area contributed by atoms with E-state index in [1.165, 1.54) is 16.8 Å². The lowest BCUT2D eigenvalue weighted by Gasteiger charge is -2.39. The van der Waals surface area contributed by atoms with Crippen LogP contribution in [0.1, 0.15) is 19.5 Å². The third kappa shape index (κ3) is 2.44. The Bertz CT molecular complexity index is 651. The predicted molar refractivity (Wildman–Crippen MR) is 89.6 cm³/mol. The minimum atomic E-state index is 0.300. The number of rotatable bonds is 1. The van der Waals surface area contributed by atoms with Gasteiger partial charge in [-0.05, 0) is 39.0 Å². The molecule has 4 heteroatoms. The van der Waals surface area contributed by atoms with Crippen LogP contribution in [0.3, 0.4) is 0 Å². The number of thioether (sulfide) groups is 1. The van der Waals surface area contributed by atoms with Crippen molar-refractivity contribution in [2.45, 2.75) is 25.5 Å². The van der Waals surface area contributed by atoms with Crippen molar-refractivity contribution in [1.82, 2.24) is 4.98 Å². The van der Waals surface area contributed by atoms with E-state index < -0.39 is 0 Å². The van der Waals surface area contributed by atoms with Gasteiger partial charge in [0, 0.05) is 57.6 Å². The van der Waals surface area contributed by atoms with Crippen LogP contribution in [-0.4, -0.2) is 28.6 Å². The van der Waals surface area contributed by atoms with Crippen LogP contribution in [0.4, 0.5) is 11.4 Å². The SMILES string of the molecule is Cc1cc2c(N3CCSC(C)(C)C3)ccc(N)c2cn1. The van der Waals surface area contributed by atoms with E-state index in [1.54, 1.807) is 0 Å². The van der Waals surface area contributed by atoms with Gasteiger partial charge in [0.2, 0.25) is 0 Å². The van der Waals surface area contributed by atoms with Gasteiger partial charge in [-0.3, -0.25) is 4.98 Å². The molecule has 1 aromatic carbocycles. The van der Waals surface area contributed by atoms with Crippen LogP contribution in [0.2, 0.25) is 0 Å². The highest BCUT2D eigenvalue weighted by molar-refractivity contribution is 8.00. The number of aromatic nitrogens is 1. The van der Waals surface area contributed by atoms with Gasteiger partial charge in [0.15, 0.2) is 0 Å². The van der Waals surface area contributed by atoms with Crippen molar-refractivity contribution in [3.05, 3.63) is 30.1 Å². The Balaban J connectivity index is 2.11. The first-order valence-corrected chi connectivity index (χ1v) is 7.99. The zero-order valence-corrected chi connectivity index (χ0v) is 13.1. The van der Waals surface area contributed by atoms with Gasteiger partial charge in [0.25, 0.3) is 0 Å². The summed E-state index contributed by atoms with van der Waals surface area (Å²) < 4.78 is 0.300. The molecule has 0 radical (unpaired) electrons. The van der Waals surface area contributed by atoms with E-state index in [1.807, 2.05) is 19.2 Å². The van der Waals surface area contributed by atoms with E-state index in [9.17, 15) is 0 Å². The van der Waals surface area contributed by atoms with E-state index in [-0.39, 0.29) is 0 Å². The van der Waals surface area contributed by atoms with Crippen molar-refractivity contribution >= 4 is 33.9 Å². The Morgan fingerprint density at radius 2 is 2.10 bits per heavy atom. The maximum atomic E-state index is 6.10. The van der Waals surface area contributed by atoms with E-state index in [0.29, 0.717) is 4.75 Å². The molecule has 0 bridgehead atoms. The summed E-state index contributed by atoms with van der Waals surface area (Å²) in [4.78, 5) is 6.86. The smallest absolute Gasteiger partial charge is 0.0449 e. The maximum absolute atomic E-state index is 6.10. The Morgan fingerprint density at radius 3 is 2.85 bits per heavy atom. The summed E-state index contributed by atoms with van der Waals surface area (Å²) in [5, 5.41) is 2.28. The topological polar surface area (TPSA) is 42.1 Å². The lowest BCUT2D eigenvalue weighted by molar-refractivity contribution is 0.649. The van der Waals surface area contributed by atoms with Crippen LogP contribution >= 0.6 is 11.8 Å². The molecular formula is C16H21N3S. The lowest BCUT2D eigenvalue weighted by atomic mass is 10.1. The van der Waals surface area contributed by atoms with Crippen LogP contribution in [-0.2, 0) is 0 Å². The fourth-order valence-corrected chi connectivity index (χ4v) is 3.96. The zero-order valence-electron chi connectivity index (χ0n) is 12.3. The normalized spacial score (nSPS) is 18.4. The van der Waals surface area contributed by atoms with Gasteiger partial charge < -0.3 is 10.6 Å². The summed E-state index contributed by atoms with van der Waals surface area (Å²) in [5.41, 5.74) is 9.22.